The summed E-state index contributed by atoms with van der Waals surface area (Å²) in [7, 11) is 0. The summed E-state index contributed by atoms with van der Waals surface area (Å²) in [6.45, 7) is 5.54. The van der Waals surface area contributed by atoms with Gasteiger partial charge in [-0.1, -0.05) is 54.9 Å². The number of furan rings is 1. The highest BCUT2D eigenvalue weighted by Crippen LogP contribution is 2.24. The van der Waals surface area contributed by atoms with Crippen LogP contribution in [-0.2, 0) is 6.54 Å². The Labute approximate surface area is 180 Å². The number of halogens is 1. The number of carbonyl (C=O) groups is 1. The molecule has 6 heteroatoms. The van der Waals surface area contributed by atoms with E-state index in [2.05, 4.69) is 46.4 Å². The number of aromatic nitrogens is 1. The summed E-state index contributed by atoms with van der Waals surface area (Å²) >= 11 is 6.04. The van der Waals surface area contributed by atoms with Crippen molar-refractivity contribution in [3.63, 3.8) is 0 Å². The number of hydrogen-bond donors (Lipinski definition) is 1. The fraction of sp³-hybridized carbons (Fsp3) is 0.250. The number of nitrogens with zero attached hydrogens (tertiary/aromatic N) is 2. The molecule has 4 rings (SSSR count). The molecule has 0 aliphatic rings. The first-order chi connectivity index (χ1) is 14.6. The van der Waals surface area contributed by atoms with Gasteiger partial charge in [-0.3, -0.25) is 9.69 Å². The van der Waals surface area contributed by atoms with E-state index in [-0.39, 0.29) is 11.7 Å². The average Bonchev–Trinajstić information content (AvgIpc) is 3.17. The summed E-state index contributed by atoms with van der Waals surface area (Å²) in [4.78, 5) is 19.3. The van der Waals surface area contributed by atoms with Gasteiger partial charge >= 0.3 is 0 Å². The standard InChI is InChI=1S/C24H24ClN3O2/c1-2-28(16-17-7-4-3-5-8-17)12-6-11-26-23(29)22-14-19-13-18-9-10-20(25)15-21(18)27-24(19)30-22/h3-5,7-10,13-15H,2,6,11-12,16H2,1H3,(H,26,29). The summed E-state index contributed by atoms with van der Waals surface area (Å²) < 4.78 is 5.68. The zero-order chi connectivity index (χ0) is 20.9. The van der Waals surface area contributed by atoms with E-state index in [1.807, 2.05) is 24.3 Å². The van der Waals surface area contributed by atoms with Gasteiger partial charge in [-0.15, -0.1) is 0 Å². The minimum Gasteiger partial charge on any atom is -0.433 e. The third-order valence-corrected chi connectivity index (χ3v) is 5.36. The Morgan fingerprint density at radius 3 is 2.73 bits per heavy atom. The number of pyridine rings is 1. The molecule has 0 fully saturated rings. The predicted octanol–water partition coefficient (Wildman–Crippen LogP) is 5.28. The Morgan fingerprint density at radius 2 is 1.93 bits per heavy atom. The Bertz CT molecular complexity index is 1160. The molecular formula is C24H24ClN3O2. The topological polar surface area (TPSA) is 58.4 Å². The molecule has 0 aliphatic heterocycles. The molecule has 0 spiro atoms. The SMILES string of the molecule is CCN(CCCNC(=O)c1cc2cc3ccc(Cl)cc3nc2o1)Cc1ccccc1. The number of carbonyl (C=O) groups excluding carboxylic acids is 1. The van der Waals surface area contributed by atoms with Gasteiger partial charge in [0.1, 0.15) is 0 Å². The van der Waals surface area contributed by atoms with Crippen LogP contribution in [-0.4, -0.2) is 35.4 Å². The first-order valence-corrected chi connectivity index (χ1v) is 10.5. The average molecular weight is 422 g/mol. The van der Waals surface area contributed by atoms with Crippen LogP contribution in [0.15, 0.2) is 65.1 Å². The van der Waals surface area contributed by atoms with Crippen LogP contribution >= 0.6 is 11.6 Å². The van der Waals surface area contributed by atoms with Crippen molar-refractivity contribution in [3.05, 3.63) is 77.0 Å². The van der Waals surface area contributed by atoms with E-state index in [1.165, 1.54) is 5.56 Å². The van der Waals surface area contributed by atoms with Gasteiger partial charge in [-0.25, -0.2) is 4.98 Å². The van der Waals surface area contributed by atoms with E-state index in [0.29, 0.717) is 17.3 Å². The molecule has 0 bridgehead atoms. The number of benzene rings is 2. The smallest absolute Gasteiger partial charge is 0.287 e. The monoisotopic (exact) mass is 421 g/mol. The van der Waals surface area contributed by atoms with Crippen molar-refractivity contribution in [2.75, 3.05) is 19.6 Å². The minimum absolute atomic E-state index is 0.221. The lowest BCUT2D eigenvalue weighted by molar-refractivity contribution is 0.0925. The molecule has 0 radical (unpaired) electrons. The molecule has 0 saturated carbocycles. The van der Waals surface area contributed by atoms with Crippen molar-refractivity contribution in [2.24, 2.45) is 0 Å². The van der Waals surface area contributed by atoms with Crippen LogP contribution in [0.5, 0.6) is 0 Å². The molecule has 0 aliphatic carbocycles. The molecule has 0 unspecified atom stereocenters. The van der Waals surface area contributed by atoms with E-state index in [0.717, 1.165) is 42.3 Å². The number of amides is 1. The normalized spacial score (nSPS) is 11.4. The molecule has 0 atom stereocenters. The summed E-state index contributed by atoms with van der Waals surface area (Å²) in [6, 6.07) is 19.6. The van der Waals surface area contributed by atoms with Gasteiger partial charge in [-0.05, 0) is 42.8 Å². The van der Waals surface area contributed by atoms with Crippen LogP contribution in [0.4, 0.5) is 0 Å². The van der Waals surface area contributed by atoms with Crippen LogP contribution in [0.25, 0.3) is 22.0 Å². The highest BCUT2D eigenvalue weighted by Gasteiger charge is 2.14. The molecule has 1 amide bonds. The Hall–Kier alpha value is -2.89. The number of fused-ring (bicyclic) bond motifs is 2. The van der Waals surface area contributed by atoms with Gasteiger partial charge in [0.15, 0.2) is 5.76 Å². The molecule has 0 saturated heterocycles. The summed E-state index contributed by atoms with van der Waals surface area (Å²) in [6.07, 6.45) is 0.868. The van der Waals surface area contributed by atoms with Gasteiger partial charge in [-0.2, -0.15) is 0 Å². The lowest BCUT2D eigenvalue weighted by atomic mass is 10.2. The highest BCUT2D eigenvalue weighted by molar-refractivity contribution is 6.31. The fourth-order valence-corrected chi connectivity index (χ4v) is 3.66. The van der Waals surface area contributed by atoms with Crippen LogP contribution in [0.3, 0.4) is 0 Å². The van der Waals surface area contributed by atoms with Gasteiger partial charge in [0, 0.05) is 35.4 Å². The van der Waals surface area contributed by atoms with Crippen LogP contribution < -0.4 is 5.32 Å². The van der Waals surface area contributed by atoms with E-state index >= 15 is 0 Å². The second kappa shape index (κ2) is 9.28. The molecule has 2 aromatic heterocycles. The van der Waals surface area contributed by atoms with Crippen molar-refractivity contribution >= 4 is 39.5 Å². The second-order valence-corrected chi connectivity index (χ2v) is 7.73. The summed E-state index contributed by atoms with van der Waals surface area (Å²) in [5, 5.41) is 5.32. The molecule has 1 N–H and O–H groups in total. The largest absolute Gasteiger partial charge is 0.433 e. The van der Waals surface area contributed by atoms with Crippen molar-refractivity contribution in [1.82, 2.24) is 15.2 Å². The van der Waals surface area contributed by atoms with Crippen molar-refractivity contribution < 1.29 is 9.21 Å². The van der Waals surface area contributed by atoms with Crippen LogP contribution in [0, 0.1) is 0 Å². The van der Waals surface area contributed by atoms with Crippen molar-refractivity contribution in [2.45, 2.75) is 19.9 Å². The highest BCUT2D eigenvalue weighted by atomic mass is 35.5. The number of rotatable bonds is 8. The minimum atomic E-state index is -0.221. The molecule has 5 nitrogen and oxygen atoms in total. The Balaban J connectivity index is 1.33. The number of nitrogens with one attached hydrogen (secondary N) is 1. The third-order valence-electron chi connectivity index (χ3n) is 5.12. The lowest BCUT2D eigenvalue weighted by Crippen LogP contribution is -2.29. The maximum Gasteiger partial charge on any atom is 0.287 e. The van der Waals surface area contributed by atoms with Crippen LogP contribution in [0.2, 0.25) is 5.02 Å². The van der Waals surface area contributed by atoms with E-state index in [1.54, 1.807) is 12.1 Å². The van der Waals surface area contributed by atoms with Gasteiger partial charge in [0.2, 0.25) is 5.71 Å². The molecule has 154 valence electrons. The Kier molecular flexibility index (Phi) is 6.31. The fourth-order valence-electron chi connectivity index (χ4n) is 3.49. The first-order valence-electron chi connectivity index (χ1n) is 10.2. The summed E-state index contributed by atoms with van der Waals surface area (Å²) in [5.41, 5.74) is 2.48. The van der Waals surface area contributed by atoms with E-state index in [4.69, 9.17) is 16.0 Å². The van der Waals surface area contributed by atoms with Gasteiger partial charge < -0.3 is 9.73 Å². The molecule has 4 aromatic rings. The maximum absolute atomic E-state index is 12.5. The molecular weight excluding hydrogens is 398 g/mol. The molecule has 2 aromatic carbocycles. The maximum atomic E-state index is 12.5. The van der Waals surface area contributed by atoms with Crippen molar-refractivity contribution in [1.29, 1.82) is 0 Å². The molecule has 2 heterocycles. The van der Waals surface area contributed by atoms with Gasteiger partial charge in [0.25, 0.3) is 5.91 Å². The quantitative estimate of drug-likeness (QED) is 0.393. The van der Waals surface area contributed by atoms with Crippen molar-refractivity contribution in [3.8, 4) is 0 Å². The van der Waals surface area contributed by atoms with E-state index in [9.17, 15) is 4.79 Å². The first kappa shape index (κ1) is 20.4. The predicted molar refractivity (Wildman–Crippen MR) is 121 cm³/mol. The van der Waals surface area contributed by atoms with E-state index < -0.39 is 0 Å². The van der Waals surface area contributed by atoms with Gasteiger partial charge in [0.05, 0.1) is 5.52 Å². The number of hydrogen-bond acceptors (Lipinski definition) is 4. The summed E-state index contributed by atoms with van der Waals surface area (Å²) in [5.74, 6) is 0.0525. The Morgan fingerprint density at radius 1 is 1.10 bits per heavy atom. The van der Waals surface area contributed by atoms with Crippen LogP contribution in [0.1, 0.15) is 29.5 Å². The zero-order valence-corrected chi connectivity index (χ0v) is 17.7. The zero-order valence-electron chi connectivity index (χ0n) is 16.9. The molecule has 30 heavy (non-hydrogen) atoms. The second-order valence-electron chi connectivity index (χ2n) is 7.29. The lowest BCUT2D eigenvalue weighted by Gasteiger charge is -2.20. The third kappa shape index (κ3) is 4.81.